The Morgan fingerprint density at radius 2 is 2.23 bits per heavy atom. The number of methoxy groups -OCH3 is 1. The van der Waals surface area contributed by atoms with Gasteiger partial charge in [0.15, 0.2) is 11.5 Å². The molecule has 0 saturated carbocycles. The predicted octanol–water partition coefficient (Wildman–Crippen LogP) is 1.35. The average molecular weight is 315 g/mol. The summed E-state index contributed by atoms with van der Waals surface area (Å²) in [5, 5.41) is 7.25. The first-order valence-corrected chi connectivity index (χ1v) is 6.85. The van der Waals surface area contributed by atoms with Gasteiger partial charge in [0.2, 0.25) is 0 Å². The summed E-state index contributed by atoms with van der Waals surface area (Å²) in [6, 6.07) is 4.61. The van der Waals surface area contributed by atoms with E-state index in [1.54, 1.807) is 12.1 Å². The summed E-state index contributed by atoms with van der Waals surface area (Å²) < 4.78 is 33.9. The summed E-state index contributed by atoms with van der Waals surface area (Å²) in [5.41, 5.74) is 7.25. The summed E-state index contributed by atoms with van der Waals surface area (Å²) in [5.74, 6) is 0.392. The molecule has 0 amide bonds. The Balaban J connectivity index is 1.97. The van der Waals surface area contributed by atoms with E-state index in [1.807, 2.05) is 0 Å². The fraction of sp³-hybridized carbons (Fsp3) is 0.500. The predicted molar refractivity (Wildman–Crippen MR) is 77.3 cm³/mol. The Hall–Kier alpha value is -1.93. The van der Waals surface area contributed by atoms with Gasteiger partial charge < -0.3 is 25.4 Å². The second-order valence-corrected chi connectivity index (χ2v) is 4.78. The Bertz CT molecular complexity index is 526. The number of benzene rings is 1. The van der Waals surface area contributed by atoms with Crippen molar-refractivity contribution in [3.63, 3.8) is 0 Å². The molecular formula is C14H19F2N3O3. The molecule has 0 aromatic heterocycles. The number of alkyl halides is 2. The van der Waals surface area contributed by atoms with Crippen LogP contribution in [0.1, 0.15) is 5.56 Å². The lowest BCUT2D eigenvalue weighted by molar-refractivity contribution is -0.0512. The highest BCUT2D eigenvalue weighted by atomic mass is 19.3. The first-order chi connectivity index (χ1) is 10.6. The standard InChI is InChI=1S/C14H19F2N3O3/c1-20-13-4-9(2-3-12(13)22-14(15)16)8-21-19-11-7-18-6-10(11)5-17/h2-4,10,14,18H,5-8,17H2,1H3/b19-11+. The van der Waals surface area contributed by atoms with E-state index >= 15 is 0 Å². The van der Waals surface area contributed by atoms with Gasteiger partial charge in [-0.2, -0.15) is 8.78 Å². The van der Waals surface area contributed by atoms with E-state index in [0.717, 1.165) is 17.8 Å². The lowest BCUT2D eigenvalue weighted by Gasteiger charge is -2.11. The van der Waals surface area contributed by atoms with Gasteiger partial charge in [0, 0.05) is 25.6 Å². The maximum absolute atomic E-state index is 12.2. The number of hydrogen-bond donors (Lipinski definition) is 2. The summed E-state index contributed by atoms with van der Waals surface area (Å²) in [6.07, 6.45) is 0. The van der Waals surface area contributed by atoms with E-state index in [4.69, 9.17) is 15.3 Å². The highest BCUT2D eigenvalue weighted by Gasteiger charge is 2.21. The number of oxime groups is 1. The van der Waals surface area contributed by atoms with Crippen LogP contribution in [0.2, 0.25) is 0 Å². The van der Waals surface area contributed by atoms with Crippen molar-refractivity contribution < 1.29 is 23.1 Å². The Kier molecular flexibility index (Phi) is 5.91. The number of nitrogens with zero attached hydrogens (tertiary/aromatic N) is 1. The molecule has 2 rings (SSSR count). The van der Waals surface area contributed by atoms with E-state index in [0.29, 0.717) is 13.1 Å². The number of nitrogens with two attached hydrogens (primary N) is 1. The van der Waals surface area contributed by atoms with E-state index in [1.165, 1.54) is 13.2 Å². The molecule has 0 bridgehead atoms. The van der Waals surface area contributed by atoms with Crippen LogP contribution in [0.15, 0.2) is 23.4 Å². The molecule has 1 aliphatic rings. The molecule has 1 unspecified atom stereocenters. The number of rotatable bonds is 7. The van der Waals surface area contributed by atoms with E-state index in [-0.39, 0.29) is 24.0 Å². The minimum Gasteiger partial charge on any atom is -0.493 e. The van der Waals surface area contributed by atoms with Crippen LogP contribution < -0.4 is 20.5 Å². The van der Waals surface area contributed by atoms with Crippen LogP contribution in [0.4, 0.5) is 8.78 Å². The van der Waals surface area contributed by atoms with Crippen molar-refractivity contribution in [2.24, 2.45) is 16.8 Å². The molecule has 3 N–H and O–H groups in total. The zero-order valence-corrected chi connectivity index (χ0v) is 12.2. The van der Waals surface area contributed by atoms with Crippen molar-refractivity contribution in [2.75, 3.05) is 26.7 Å². The summed E-state index contributed by atoms with van der Waals surface area (Å²) in [6.45, 7) is -0.724. The smallest absolute Gasteiger partial charge is 0.387 e. The van der Waals surface area contributed by atoms with Gasteiger partial charge >= 0.3 is 6.61 Å². The lowest BCUT2D eigenvalue weighted by Crippen LogP contribution is -2.22. The zero-order valence-electron chi connectivity index (χ0n) is 12.2. The van der Waals surface area contributed by atoms with E-state index in [2.05, 4.69) is 15.2 Å². The molecule has 22 heavy (non-hydrogen) atoms. The monoisotopic (exact) mass is 315 g/mol. The van der Waals surface area contributed by atoms with Crippen LogP contribution in [0.25, 0.3) is 0 Å². The molecular weight excluding hydrogens is 296 g/mol. The molecule has 1 atom stereocenters. The summed E-state index contributed by atoms with van der Waals surface area (Å²) >= 11 is 0. The Morgan fingerprint density at radius 1 is 1.41 bits per heavy atom. The molecule has 1 fully saturated rings. The summed E-state index contributed by atoms with van der Waals surface area (Å²) in [4.78, 5) is 5.30. The third-order valence-corrected chi connectivity index (χ3v) is 3.31. The second-order valence-electron chi connectivity index (χ2n) is 4.78. The molecule has 0 spiro atoms. The van der Waals surface area contributed by atoms with Crippen molar-refractivity contribution in [1.29, 1.82) is 0 Å². The minimum absolute atomic E-state index is 0.0178. The molecule has 6 nitrogen and oxygen atoms in total. The maximum Gasteiger partial charge on any atom is 0.387 e. The molecule has 1 aromatic carbocycles. The zero-order chi connectivity index (χ0) is 15.9. The Morgan fingerprint density at radius 3 is 2.91 bits per heavy atom. The van der Waals surface area contributed by atoms with Gasteiger partial charge in [0.25, 0.3) is 0 Å². The van der Waals surface area contributed by atoms with Gasteiger partial charge in [-0.15, -0.1) is 0 Å². The third-order valence-electron chi connectivity index (χ3n) is 3.31. The minimum atomic E-state index is -2.90. The molecule has 1 saturated heterocycles. The third kappa shape index (κ3) is 4.28. The van der Waals surface area contributed by atoms with E-state index in [9.17, 15) is 8.78 Å². The fourth-order valence-corrected chi connectivity index (χ4v) is 2.15. The lowest BCUT2D eigenvalue weighted by atomic mass is 10.1. The topological polar surface area (TPSA) is 78.1 Å². The van der Waals surface area contributed by atoms with Gasteiger partial charge in [-0.25, -0.2) is 0 Å². The van der Waals surface area contributed by atoms with Gasteiger partial charge in [-0.1, -0.05) is 11.2 Å². The highest BCUT2D eigenvalue weighted by Crippen LogP contribution is 2.29. The molecule has 1 aliphatic heterocycles. The van der Waals surface area contributed by atoms with Gasteiger partial charge in [0.05, 0.1) is 12.8 Å². The fourth-order valence-electron chi connectivity index (χ4n) is 2.15. The average Bonchev–Trinajstić information content (AvgIpc) is 2.95. The van der Waals surface area contributed by atoms with Gasteiger partial charge in [0.1, 0.15) is 6.61 Å². The quantitative estimate of drug-likeness (QED) is 0.743. The Labute approximate surface area is 127 Å². The van der Waals surface area contributed by atoms with Gasteiger partial charge in [-0.05, 0) is 17.7 Å². The first-order valence-electron chi connectivity index (χ1n) is 6.85. The normalized spacial score (nSPS) is 19.7. The van der Waals surface area contributed by atoms with Crippen LogP contribution in [-0.4, -0.2) is 39.1 Å². The number of halogens is 2. The van der Waals surface area contributed by atoms with Crippen molar-refractivity contribution in [1.82, 2.24) is 5.32 Å². The van der Waals surface area contributed by atoms with Crippen LogP contribution >= 0.6 is 0 Å². The molecule has 1 aromatic rings. The number of hydrogen-bond acceptors (Lipinski definition) is 6. The largest absolute Gasteiger partial charge is 0.493 e. The number of nitrogens with one attached hydrogen (secondary N) is 1. The second kappa shape index (κ2) is 7.90. The van der Waals surface area contributed by atoms with Crippen molar-refractivity contribution >= 4 is 5.71 Å². The van der Waals surface area contributed by atoms with Crippen molar-refractivity contribution in [2.45, 2.75) is 13.2 Å². The van der Waals surface area contributed by atoms with Gasteiger partial charge in [-0.3, -0.25) is 0 Å². The van der Waals surface area contributed by atoms with Crippen LogP contribution in [-0.2, 0) is 11.4 Å². The molecule has 0 radical (unpaired) electrons. The van der Waals surface area contributed by atoms with E-state index < -0.39 is 6.61 Å². The SMILES string of the molecule is COc1cc(CO/N=C2\CNCC2CN)ccc1OC(F)F. The van der Waals surface area contributed by atoms with Crippen molar-refractivity contribution in [3.8, 4) is 11.5 Å². The molecule has 122 valence electrons. The van der Waals surface area contributed by atoms with Crippen LogP contribution in [0.5, 0.6) is 11.5 Å². The van der Waals surface area contributed by atoms with Crippen LogP contribution in [0.3, 0.4) is 0 Å². The number of ether oxygens (including phenoxy) is 2. The first kappa shape index (κ1) is 16.4. The van der Waals surface area contributed by atoms with Crippen molar-refractivity contribution in [3.05, 3.63) is 23.8 Å². The molecule has 0 aliphatic carbocycles. The molecule has 8 heteroatoms. The highest BCUT2D eigenvalue weighted by molar-refractivity contribution is 5.90. The van der Waals surface area contributed by atoms with Crippen LogP contribution in [0, 0.1) is 5.92 Å². The maximum atomic E-state index is 12.2. The molecule has 1 heterocycles. The summed E-state index contributed by atoms with van der Waals surface area (Å²) in [7, 11) is 1.38.